The largest absolute Gasteiger partial charge is 0.383 e. The van der Waals surface area contributed by atoms with E-state index in [9.17, 15) is 0 Å². The maximum Gasteiger partial charge on any atom is 0.189 e. The number of imidazole rings is 1. The lowest BCUT2D eigenvalue weighted by Gasteiger charge is -2.12. The molecule has 1 aromatic carbocycles. The predicted octanol–water partition coefficient (Wildman–Crippen LogP) is 1.52. The van der Waals surface area contributed by atoms with E-state index in [1.54, 1.807) is 13.3 Å². The molecule has 2 rings (SSSR count). The first-order valence-electron chi connectivity index (χ1n) is 6.83. The Morgan fingerprint density at radius 2 is 2.19 bits per heavy atom. The van der Waals surface area contributed by atoms with E-state index in [0.717, 1.165) is 17.1 Å². The van der Waals surface area contributed by atoms with Crippen molar-refractivity contribution >= 4 is 5.96 Å². The Labute approximate surface area is 124 Å². The second-order valence-electron chi connectivity index (χ2n) is 4.81. The summed E-state index contributed by atoms with van der Waals surface area (Å²) in [6.45, 7) is 2.97. The van der Waals surface area contributed by atoms with Crippen LogP contribution < -0.4 is 11.1 Å². The van der Waals surface area contributed by atoms with Crippen LogP contribution in [0.2, 0.25) is 0 Å². The second kappa shape index (κ2) is 7.44. The van der Waals surface area contributed by atoms with Crippen LogP contribution in [-0.2, 0) is 11.3 Å². The van der Waals surface area contributed by atoms with Gasteiger partial charge in [0.05, 0.1) is 18.5 Å². The van der Waals surface area contributed by atoms with E-state index in [-0.39, 0.29) is 6.04 Å². The number of nitrogens with two attached hydrogens (primary N) is 1. The van der Waals surface area contributed by atoms with Gasteiger partial charge < -0.3 is 20.8 Å². The third kappa shape index (κ3) is 4.61. The van der Waals surface area contributed by atoms with Crippen molar-refractivity contribution in [3.05, 3.63) is 42.4 Å². The van der Waals surface area contributed by atoms with Crippen LogP contribution in [0, 0.1) is 0 Å². The highest BCUT2D eigenvalue weighted by molar-refractivity contribution is 5.78. The highest BCUT2D eigenvalue weighted by atomic mass is 16.5. The van der Waals surface area contributed by atoms with Crippen LogP contribution >= 0.6 is 0 Å². The van der Waals surface area contributed by atoms with Crippen molar-refractivity contribution < 1.29 is 4.74 Å². The molecule has 4 N–H and O–H groups in total. The Balaban J connectivity index is 1.94. The van der Waals surface area contributed by atoms with E-state index in [4.69, 9.17) is 10.5 Å². The first kappa shape index (κ1) is 15.1. The molecule has 0 aliphatic rings. The van der Waals surface area contributed by atoms with Gasteiger partial charge in [0.1, 0.15) is 12.4 Å². The Morgan fingerprint density at radius 3 is 2.90 bits per heavy atom. The maximum absolute atomic E-state index is 5.81. The monoisotopic (exact) mass is 287 g/mol. The van der Waals surface area contributed by atoms with Crippen molar-refractivity contribution in [3.63, 3.8) is 0 Å². The standard InChI is InChI=1S/C15H21N5O/c1-11(10-21-2)19-15(16)18-9-14-17-8-13(20-14)12-6-4-3-5-7-12/h3-8,11H,9-10H2,1-2H3,(H,17,20)(H3,16,18,19). The molecule has 0 saturated carbocycles. The molecule has 1 atom stereocenters. The normalized spacial score (nSPS) is 13.1. The van der Waals surface area contributed by atoms with Gasteiger partial charge in [-0.2, -0.15) is 0 Å². The number of H-pyrrole nitrogens is 1. The summed E-state index contributed by atoms with van der Waals surface area (Å²) in [5, 5.41) is 3.05. The molecule has 2 aromatic rings. The SMILES string of the molecule is COCC(C)NC(N)=NCc1ncc(-c2ccccc2)[nH]1. The Kier molecular flexibility index (Phi) is 5.34. The number of hydrogen-bond acceptors (Lipinski definition) is 3. The van der Waals surface area contributed by atoms with E-state index in [1.807, 2.05) is 37.3 Å². The molecule has 0 fully saturated rings. The van der Waals surface area contributed by atoms with Gasteiger partial charge in [0, 0.05) is 13.2 Å². The van der Waals surface area contributed by atoms with Gasteiger partial charge in [-0.15, -0.1) is 0 Å². The van der Waals surface area contributed by atoms with Crippen LogP contribution in [0.4, 0.5) is 0 Å². The molecule has 0 saturated heterocycles. The summed E-state index contributed by atoms with van der Waals surface area (Å²) in [5.74, 6) is 1.16. The first-order valence-corrected chi connectivity index (χ1v) is 6.83. The number of nitrogens with zero attached hydrogens (tertiary/aromatic N) is 2. The quantitative estimate of drug-likeness (QED) is 0.555. The zero-order chi connectivity index (χ0) is 15.1. The molecule has 112 valence electrons. The molecule has 0 aliphatic heterocycles. The van der Waals surface area contributed by atoms with Crippen LogP contribution in [0.15, 0.2) is 41.5 Å². The second-order valence-corrected chi connectivity index (χ2v) is 4.81. The number of benzene rings is 1. The third-order valence-corrected chi connectivity index (χ3v) is 2.92. The molecule has 0 radical (unpaired) electrons. The maximum atomic E-state index is 5.81. The number of hydrogen-bond donors (Lipinski definition) is 3. The van der Waals surface area contributed by atoms with Crippen molar-refractivity contribution in [3.8, 4) is 11.3 Å². The van der Waals surface area contributed by atoms with E-state index >= 15 is 0 Å². The topological polar surface area (TPSA) is 88.3 Å². The van der Waals surface area contributed by atoms with Crippen molar-refractivity contribution in [2.45, 2.75) is 19.5 Å². The molecule has 1 unspecified atom stereocenters. The molecule has 6 nitrogen and oxygen atoms in total. The van der Waals surface area contributed by atoms with E-state index in [0.29, 0.717) is 19.1 Å². The van der Waals surface area contributed by atoms with Gasteiger partial charge in [-0.05, 0) is 12.5 Å². The Morgan fingerprint density at radius 1 is 1.43 bits per heavy atom. The number of aromatic amines is 1. The summed E-state index contributed by atoms with van der Waals surface area (Å²) in [4.78, 5) is 11.8. The van der Waals surface area contributed by atoms with Gasteiger partial charge in [0.15, 0.2) is 5.96 Å². The molecular weight excluding hydrogens is 266 g/mol. The molecular formula is C15H21N5O. The third-order valence-electron chi connectivity index (χ3n) is 2.92. The summed E-state index contributed by atoms with van der Waals surface area (Å²) < 4.78 is 5.03. The smallest absolute Gasteiger partial charge is 0.189 e. The van der Waals surface area contributed by atoms with Crippen LogP contribution in [0.25, 0.3) is 11.3 Å². The Bertz CT molecular complexity index is 579. The van der Waals surface area contributed by atoms with Gasteiger partial charge in [-0.25, -0.2) is 9.98 Å². The summed E-state index contributed by atoms with van der Waals surface area (Å²) in [5.41, 5.74) is 7.88. The lowest BCUT2D eigenvalue weighted by atomic mass is 10.2. The van der Waals surface area contributed by atoms with Gasteiger partial charge in [-0.1, -0.05) is 30.3 Å². The number of guanidine groups is 1. The fourth-order valence-electron chi connectivity index (χ4n) is 1.96. The summed E-state index contributed by atoms with van der Waals surface area (Å²) >= 11 is 0. The van der Waals surface area contributed by atoms with E-state index in [2.05, 4.69) is 20.3 Å². The molecule has 21 heavy (non-hydrogen) atoms. The fourth-order valence-corrected chi connectivity index (χ4v) is 1.96. The molecule has 0 amide bonds. The lowest BCUT2D eigenvalue weighted by molar-refractivity contribution is 0.179. The van der Waals surface area contributed by atoms with Crippen LogP contribution in [0.1, 0.15) is 12.7 Å². The highest BCUT2D eigenvalue weighted by Gasteiger charge is 2.04. The Hall–Kier alpha value is -2.34. The van der Waals surface area contributed by atoms with E-state index in [1.165, 1.54) is 0 Å². The van der Waals surface area contributed by atoms with Crippen LogP contribution in [0.5, 0.6) is 0 Å². The van der Waals surface area contributed by atoms with Gasteiger partial charge in [-0.3, -0.25) is 0 Å². The number of methoxy groups -OCH3 is 1. The van der Waals surface area contributed by atoms with Crippen LogP contribution in [-0.4, -0.2) is 35.7 Å². The van der Waals surface area contributed by atoms with Gasteiger partial charge in [0.25, 0.3) is 0 Å². The predicted molar refractivity (Wildman–Crippen MR) is 83.8 cm³/mol. The highest BCUT2D eigenvalue weighted by Crippen LogP contribution is 2.16. The number of rotatable bonds is 6. The van der Waals surface area contributed by atoms with Gasteiger partial charge in [0.2, 0.25) is 0 Å². The summed E-state index contributed by atoms with van der Waals surface area (Å²) in [6.07, 6.45) is 1.80. The van der Waals surface area contributed by atoms with Crippen LogP contribution in [0.3, 0.4) is 0 Å². The number of aliphatic imine (C=N–C) groups is 1. The van der Waals surface area contributed by atoms with E-state index < -0.39 is 0 Å². The summed E-state index contributed by atoms with van der Waals surface area (Å²) in [7, 11) is 1.65. The van der Waals surface area contributed by atoms with Crippen molar-refractivity contribution in [1.29, 1.82) is 0 Å². The molecule has 1 heterocycles. The molecule has 0 spiro atoms. The minimum atomic E-state index is 0.121. The molecule has 0 bridgehead atoms. The first-order chi connectivity index (χ1) is 10.2. The molecule has 1 aromatic heterocycles. The van der Waals surface area contributed by atoms with Crippen molar-refractivity contribution in [1.82, 2.24) is 15.3 Å². The average molecular weight is 287 g/mol. The number of ether oxygens (including phenoxy) is 1. The number of aromatic nitrogens is 2. The summed E-state index contributed by atoms with van der Waals surface area (Å²) in [6, 6.07) is 10.2. The minimum absolute atomic E-state index is 0.121. The number of nitrogens with one attached hydrogen (secondary N) is 2. The molecule has 6 heteroatoms. The van der Waals surface area contributed by atoms with Crippen molar-refractivity contribution in [2.75, 3.05) is 13.7 Å². The lowest BCUT2D eigenvalue weighted by Crippen LogP contribution is -2.40. The average Bonchev–Trinajstić information content (AvgIpc) is 2.95. The zero-order valence-corrected chi connectivity index (χ0v) is 12.3. The molecule has 0 aliphatic carbocycles. The van der Waals surface area contributed by atoms with Gasteiger partial charge >= 0.3 is 0 Å². The minimum Gasteiger partial charge on any atom is -0.383 e. The zero-order valence-electron chi connectivity index (χ0n) is 12.3. The van der Waals surface area contributed by atoms with Crippen molar-refractivity contribution in [2.24, 2.45) is 10.7 Å². The fraction of sp³-hybridized carbons (Fsp3) is 0.333.